The summed E-state index contributed by atoms with van der Waals surface area (Å²) in [6.45, 7) is 6.21. The maximum Gasteiger partial charge on any atom is 0.223 e. The summed E-state index contributed by atoms with van der Waals surface area (Å²) in [5.74, 6) is 1.01. The van der Waals surface area contributed by atoms with E-state index in [-0.39, 0.29) is 35.9 Å². The van der Waals surface area contributed by atoms with Gasteiger partial charge < -0.3 is 10.2 Å². The van der Waals surface area contributed by atoms with Gasteiger partial charge in [0, 0.05) is 19.0 Å². The Bertz CT molecular complexity index is 475. The predicted octanol–water partition coefficient (Wildman–Crippen LogP) is 1.39. The van der Waals surface area contributed by atoms with E-state index in [0.717, 1.165) is 32.4 Å². The third kappa shape index (κ3) is 5.56. The lowest BCUT2D eigenvalue weighted by Crippen LogP contribution is -2.41. The molecule has 2 saturated heterocycles. The number of nitrogens with one attached hydrogen (secondary N) is 1. The summed E-state index contributed by atoms with van der Waals surface area (Å²) in [6.07, 6.45) is 5.95. The summed E-state index contributed by atoms with van der Waals surface area (Å²) in [6, 6.07) is -0.159. The van der Waals surface area contributed by atoms with Crippen molar-refractivity contribution in [3.63, 3.8) is 0 Å². The molecule has 0 saturated carbocycles. The van der Waals surface area contributed by atoms with Crippen molar-refractivity contribution in [1.29, 1.82) is 0 Å². The Morgan fingerprint density at radius 2 is 1.95 bits per heavy atom. The van der Waals surface area contributed by atoms with Crippen LogP contribution in [0.2, 0.25) is 0 Å². The van der Waals surface area contributed by atoms with Gasteiger partial charge in [-0.15, -0.1) is 19.0 Å². The van der Waals surface area contributed by atoms with Crippen LogP contribution in [0.1, 0.15) is 32.1 Å². The van der Waals surface area contributed by atoms with Crippen LogP contribution < -0.4 is 5.32 Å². The molecule has 0 radical (unpaired) electrons. The van der Waals surface area contributed by atoms with Crippen molar-refractivity contribution in [2.45, 2.75) is 38.1 Å². The van der Waals surface area contributed by atoms with E-state index in [1.165, 1.54) is 0 Å². The number of carbonyl (C=O) groups is 1. The van der Waals surface area contributed by atoms with Gasteiger partial charge in [-0.2, -0.15) is 0 Å². The Kier molecular flexibility index (Phi) is 7.86. The highest BCUT2D eigenvalue weighted by Crippen LogP contribution is 2.22. The van der Waals surface area contributed by atoms with Gasteiger partial charge >= 0.3 is 0 Å². The number of hydrogen-bond donors (Lipinski definition) is 1. The van der Waals surface area contributed by atoms with Crippen molar-refractivity contribution in [1.82, 2.24) is 10.2 Å². The van der Waals surface area contributed by atoms with E-state index in [1.807, 2.05) is 0 Å². The molecule has 7 heteroatoms. The molecule has 2 aliphatic heterocycles. The molecule has 1 unspecified atom stereocenters. The van der Waals surface area contributed by atoms with Crippen LogP contribution in [0.3, 0.4) is 0 Å². The van der Waals surface area contributed by atoms with Crippen LogP contribution in [0, 0.1) is 5.92 Å². The molecule has 0 aromatic rings. The summed E-state index contributed by atoms with van der Waals surface area (Å²) < 4.78 is 23.2. The van der Waals surface area contributed by atoms with Gasteiger partial charge in [0.15, 0.2) is 9.84 Å². The molecule has 5 nitrogen and oxygen atoms in total. The zero-order chi connectivity index (χ0) is 15.3. The Hall–Kier alpha value is -0.590. The van der Waals surface area contributed by atoms with Crippen LogP contribution in [-0.2, 0) is 14.6 Å². The van der Waals surface area contributed by atoms with E-state index in [1.54, 1.807) is 11.0 Å². The average Bonchev–Trinajstić information content (AvgIpc) is 2.83. The van der Waals surface area contributed by atoms with Gasteiger partial charge in [0.1, 0.15) is 0 Å². The smallest absolute Gasteiger partial charge is 0.223 e. The molecule has 2 heterocycles. The molecule has 128 valence electrons. The van der Waals surface area contributed by atoms with Crippen LogP contribution in [0.4, 0.5) is 0 Å². The molecule has 1 atom stereocenters. The average molecular weight is 351 g/mol. The lowest BCUT2D eigenvalue weighted by molar-refractivity contribution is -0.132. The Morgan fingerprint density at radius 1 is 1.27 bits per heavy atom. The van der Waals surface area contributed by atoms with Crippen LogP contribution in [0.15, 0.2) is 12.7 Å². The standard InChI is InChI=1S/C15H26N2O3S.ClH/c1-2-10-17(14-7-11-21(19,20)12-14)15(18)4-3-13-5-8-16-9-6-13;/h2,13-14,16H,1,3-12H2;1H. The molecule has 22 heavy (non-hydrogen) atoms. The fourth-order valence-corrected chi connectivity index (χ4v) is 4.99. The van der Waals surface area contributed by atoms with Crippen molar-refractivity contribution in [3.8, 4) is 0 Å². The first kappa shape index (κ1) is 19.5. The van der Waals surface area contributed by atoms with Crippen LogP contribution in [0.25, 0.3) is 0 Å². The minimum absolute atomic E-state index is 0. The second-order valence-electron chi connectivity index (χ2n) is 6.12. The number of amides is 1. The fourth-order valence-electron chi connectivity index (χ4n) is 3.26. The Balaban J connectivity index is 0.00000242. The molecule has 2 aliphatic rings. The van der Waals surface area contributed by atoms with Gasteiger partial charge in [0.2, 0.25) is 5.91 Å². The molecule has 2 rings (SSSR count). The largest absolute Gasteiger partial charge is 0.335 e. The highest BCUT2D eigenvalue weighted by Gasteiger charge is 2.34. The summed E-state index contributed by atoms with van der Waals surface area (Å²) in [7, 11) is -2.96. The third-order valence-corrected chi connectivity index (χ3v) is 6.27. The molecular formula is C15H27ClN2O3S. The summed E-state index contributed by atoms with van der Waals surface area (Å²) >= 11 is 0. The number of piperidine rings is 1. The zero-order valence-corrected chi connectivity index (χ0v) is 14.6. The maximum absolute atomic E-state index is 12.4. The zero-order valence-electron chi connectivity index (χ0n) is 13.0. The number of nitrogens with zero attached hydrogens (tertiary/aromatic N) is 1. The number of rotatable bonds is 6. The maximum atomic E-state index is 12.4. The second kappa shape index (κ2) is 8.89. The van der Waals surface area contributed by atoms with Crippen molar-refractivity contribution in [2.24, 2.45) is 5.92 Å². The molecule has 0 aromatic heterocycles. The van der Waals surface area contributed by atoms with Crippen LogP contribution >= 0.6 is 12.4 Å². The summed E-state index contributed by atoms with van der Waals surface area (Å²) in [5, 5.41) is 3.32. The number of halogens is 1. The molecule has 0 spiro atoms. The molecular weight excluding hydrogens is 324 g/mol. The summed E-state index contributed by atoms with van der Waals surface area (Å²) in [4.78, 5) is 14.2. The fraction of sp³-hybridized carbons (Fsp3) is 0.800. The van der Waals surface area contributed by atoms with Crippen molar-refractivity contribution in [2.75, 3.05) is 31.1 Å². The minimum Gasteiger partial charge on any atom is -0.335 e. The third-order valence-electron chi connectivity index (χ3n) is 4.52. The van der Waals surface area contributed by atoms with Gasteiger partial charge in [-0.05, 0) is 44.7 Å². The lowest BCUT2D eigenvalue weighted by atomic mass is 9.93. The lowest BCUT2D eigenvalue weighted by Gasteiger charge is -2.28. The van der Waals surface area contributed by atoms with Gasteiger partial charge in [-0.25, -0.2) is 8.42 Å². The van der Waals surface area contributed by atoms with Gasteiger partial charge in [-0.3, -0.25) is 4.79 Å². The molecule has 2 fully saturated rings. The van der Waals surface area contributed by atoms with Crippen LogP contribution in [0.5, 0.6) is 0 Å². The quantitative estimate of drug-likeness (QED) is 0.735. The normalized spacial score (nSPS) is 24.5. The first-order valence-electron chi connectivity index (χ1n) is 7.83. The van der Waals surface area contributed by atoms with E-state index >= 15 is 0 Å². The van der Waals surface area contributed by atoms with E-state index in [4.69, 9.17) is 0 Å². The monoisotopic (exact) mass is 350 g/mol. The Morgan fingerprint density at radius 3 is 2.50 bits per heavy atom. The van der Waals surface area contributed by atoms with E-state index < -0.39 is 9.84 Å². The Labute approximate surface area is 139 Å². The second-order valence-corrected chi connectivity index (χ2v) is 8.35. The number of sulfone groups is 1. The topological polar surface area (TPSA) is 66.5 Å². The van der Waals surface area contributed by atoms with E-state index in [2.05, 4.69) is 11.9 Å². The minimum atomic E-state index is -2.96. The van der Waals surface area contributed by atoms with Gasteiger partial charge in [0.05, 0.1) is 11.5 Å². The van der Waals surface area contributed by atoms with Crippen molar-refractivity contribution in [3.05, 3.63) is 12.7 Å². The van der Waals surface area contributed by atoms with E-state index in [0.29, 0.717) is 25.3 Å². The molecule has 1 amide bonds. The SMILES string of the molecule is C=CCN(C(=O)CCC1CCNCC1)C1CCS(=O)(=O)C1.Cl. The molecule has 0 aliphatic carbocycles. The number of carbonyl (C=O) groups excluding carboxylic acids is 1. The van der Waals surface area contributed by atoms with Gasteiger partial charge in [-0.1, -0.05) is 6.08 Å². The van der Waals surface area contributed by atoms with Crippen molar-refractivity contribution >= 4 is 28.2 Å². The van der Waals surface area contributed by atoms with Gasteiger partial charge in [0.25, 0.3) is 0 Å². The summed E-state index contributed by atoms with van der Waals surface area (Å²) in [5.41, 5.74) is 0. The first-order valence-corrected chi connectivity index (χ1v) is 9.65. The van der Waals surface area contributed by atoms with Crippen LogP contribution in [-0.4, -0.2) is 56.4 Å². The molecule has 0 aromatic carbocycles. The first-order chi connectivity index (χ1) is 10.0. The van der Waals surface area contributed by atoms with E-state index in [9.17, 15) is 13.2 Å². The molecule has 1 N–H and O–H groups in total. The predicted molar refractivity (Wildman–Crippen MR) is 91.0 cm³/mol. The number of hydrogen-bond acceptors (Lipinski definition) is 4. The highest BCUT2D eigenvalue weighted by atomic mass is 35.5. The van der Waals surface area contributed by atoms with Crippen molar-refractivity contribution < 1.29 is 13.2 Å². The highest BCUT2D eigenvalue weighted by molar-refractivity contribution is 7.91. The molecule has 0 bridgehead atoms.